The van der Waals surface area contributed by atoms with Gasteiger partial charge in [0.2, 0.25) is 0 Å². The van der Waals surface area contributed by atoms with E-state index < -0.39 is 12.6 Å². The molecule has 0 fully saturated rings. The van der Waals surface area contributed by atoms with Crippen molar-refractivity contribution in [2.75, 3.05) is 19.0 Å². The van der Waals surface area contributed by atoms with Crippen molar-refractivity contribution in [3.05, 3.63) is 0 Å². The van der Waals surface area contributed by atoms with Crippen molar-refractivity contribution >= 4 is 12.6 Å². The lowest BCUT2D eigenvalue weighted by Gasteiger charge is -2.05. The minimum Gasteiger partial charge on any atom is -0.380 e. The van der Waals surface area contributed by atoms with Gasteiger partial charge in [0.05, 0.1) is 19.6 Å². The fraction of sp³-hybridized carbons (Fsp3) is 1.00. The van der Waals surface area contributed by atoms with Gasteiger partial charge in [0.1, 0.15) is 0 Å². The molecule has 0 amide bonds. The molecule has 61 valence electrons. The van der Waals surface area contributed by atoms with Crippen LogP contribution in [-0.4, -0.2) is 25.1 Å². The molecule has 0 bridgehead atoms. The molecule has 10 heavy (non-hydrogen) atoms. The van der Waals surface area contributed by atoms with Gasteiger partial charge in [-0.15, -0.1) is 0 Å². The summed E-state index contributed by atoms with van der Waals surface area (Å²) in [5.41, 5.74) is 0. The molecule has 0 aromatic carbocycles. The van der Waals surface area contributed by atoms with Crippen molar-refractivity contribution in [3.63, 3.8) is 0 Å². The third-order valence-corrected chi connectivity index (χ3v) is 0.924. The van der Waals surface area contributed by atoms with Crippen molar-refractivity contribution in [2.24, 2.45) is 0 Å². The summed E-state index contributed by atoms with van der Waals surface area (Å²) >= 11 is 4.45. The molecule has 0 spiro atoms. The van der Waals surface area contributed by atoms with Crippen molar-refractivity contribution in [3.8, 4) is 0 Å². The summed E-state index contributed by atoms with van der Waals surface area (Å²) < 4.78 is 38.7. The Bertz CT molecular complexity index is 83.5. The van der Waals surface area contributed by atoms with E-state index in [1.807, 2.05) is 0 Å². The zero-order valence-corrected chi connectivity index (χ0v) is 6.10. The number of rotatable bonds is 4. The van der Waals surface area contributed by atoms with Gasteiger partial charge >= 0.3 is 6.18 Å². The molecular weight excluding hydrogens is 165 g/mol. The first-order valence-electron chi connectivity index (χ1n) is 2.79. The molecule has 0 aliphatic rings. The maximum atomic E-state index is 11.4. The molecule has 0 aliphatic heterocycles. The molecule has 0 aromatic rings. The van der Waals surface area contributed by atoms with E-state index in [0.717, 1.165) is 0 Å². The van der Waals surface area contributed by atoms with E-state index in [0.29, 0.717) is 5.75 Å². The minimum atomic E-state index is -4.11. The summed E-state index contributed by atoms with van der Waals surface area (Å²) in [4.78, 5) is 0. The van der Waals surface area contributed by atoms with Crippen molar-refractivity contribution in [1.29, 1.82) is 0 Å². The molecule has 0 saturated heterocycles. The van der Waals surface area contributed by atoms with E-state index in [1.165, 1.54) is 0 Å². The van der Waals surface area contributed by atoms with Gasteiger partial charge < -0.3 is 4.74 Å². The second-order valence-corrected chi connectivity index (χ2v) is 2.09. The molecule has 0 unspecified atom stereocenters. The van der Waals surface area contributed by atoms with Crippen LogP contribution in [0.3, 0.4) is 0 Å². The number of ether oxygens (including phenoxy) is 1. The first kappa shape index (κ1) is 10.1. The summed E-state index contributed by atoms with van der Waals surface area (Å²) in [5, 5.41) is 0. The van der Waals surface area contributed by atoms with E-state index in [-0.39, 0.29) is 13.2 Å². The Hall–Kier alpha value is 0.100. The fourth-order valence-corrected chi connectivity index (χ4v) is 0.467. The lowest BCUT2D eigenvalue weighted by Crippen LogP contribution is -2.12. The van der Waals surface area contributed by atoms with E-state index in [2.05, 4.69) is 17.4 Å². The molecule has 0 heterocycles. The van der Waals surface area contributed by atoms with Crippen LogP contribution in [0.25, 0.3) is 0 Å². The van der Waals surface area contributed by atoms with E-state index in [9.17, 15) is 13.2 Å². The molecule has 1 radical (unpaired) electrons. The topological polar surface area (TPSA) is 9.23 Å². The zero-order valence-electron chi connectivity index (χ0n) is 5.28. The van der Waals surface area contributed by atoms with Gasteiger partial charge in [0.15, 0.2) is 0 Å². The predicted octanol–water partition coefficient (Wildman–Crippen LogP) is 2.15. The third kappa shape index (κ3) is 8.10. The molecule has 1 nitrogen and oxygen atoms in total. The summed E-state index contributed by atoms with van der Waals surface area (Å²) in [5.74, 6) is 0.345. The van der Waals surface area contributed by atoms with E-state index in [4.69, 9.17) is 0 Å². The lowest BCUT2D eigenvalue weighted by molar-refractivity contribution is -0.144. The highest BCUT2D eigenvalue weighted by Crippen LogP contribution is 2.18. The maximum Gasteiger partial charge on any atom is 0.391 e. The monoisotopic (exact) mass is 173 g/mol. The Kier molecular flexibility index (Phi) is 4.89. The quantitative estimate of drug-likeness (QED) is 0.592. The Labute approximate surface area is 63.0 Å². The van der Waals surface area contributed by atoms with Gasteiger partial charge in [0.25, 0.3) is 0 Å². The Morgan fingerprint density at radius 1 is 1.20 bits per heavy atom. The molecule has 0 N–H and O–H groups in total. The minimum absolute atomic E-state index is 0.228. The smallest absolute Gasteiger partial charge is 0.380 e. The fourth-order valence-electron chi connectivity index (χ4n) is 0.349. The van der Waals surface area contributed by atoms with Gasteiger partial charge in [-0.05, 0) is 0 Å². The first-order valence-corrected chi connectivity index (χ1v) is 3.36. The van der Waals surface area contributed by atoms with Gasteiger partial charge in [-0.2, -0.15) is 13.2 Å². The van der Waals surface area contributed by atoms with Crippen LogP contribution in [-0.2, 0) is 4.74 Å². The maximum absolute atomic E-state index is 11.4. The normalized spacial score (nSPS) is 12.0. The van der Waals surface area contributed by atoms with Crippen molar-refractivity contribution in [1.82, 2.24) is 0 Å². The molecule has 5 heteroatoms. The largest absolute Gasteiger partial charge is 0.391 e. The molecule has 0 rings (SSSR count). The molecule has 0 atom stereocenters. The van der Waals surface area contributed by atoms with Crippen LogP contribution in [0.15, 0.2) is 0 Å². The van der Waals surface area contributed by atoms with Crippen LogP contribution in [0.5, 0.6) is 0 Å². The van der Waals surface area contributed by atoms with Crippen LogP contribution in [0.1, 0.15) is 6.42 Å². The van der Waals surface area contributed by atoms with Crippen LogP contribution in [0.2, 0.25) is 0 Å². The van der Waals surface area contributed by atoms with Gasteiger partial charge in [-0.1, -0.05) is 12.6 Å². The second-order valence-electron chi connectivity index (χ2n) is 1.68. The van der Waals surface area contributed by atoms with Crippen LogP contribution in [0, 0.1) is 0 Å². The zero-order chi connectivity index (χ0) is 8.04. The number of halogens is 3. The first-order chi connectivity index (χ1) is 4.56. The molecule has 0 aliphatic carbocycles. The highest BCUT2D eigenvalue weighted by atomic mass is 32.1. The Morgan fingerprint density at radius 2 is 1.80 bits per heavy atom. The second kappa shape index (κ2) is 4.85. The standard InChI is InChI=1S/C5H8F3OS/c6-5(7,8)1-2-9-3-4-10/h1-4H2. The SMILES string of the molecule is FC(F)(F)CCOCC[S]. The van der Waals surface area contributed by atoms with Gasteiger partial charge in [0, 0.05) is 5.75 Å². The predicted molar refractivity (Wildman–Crippen MR) is 33.9 cm³/mol. The average Bonchev–Trinajstić information content (AvgIpc) is 1.78. The lowest BCUT2D eigenvalue weighted by atomic mass is 10.4. The summed E-state index contributed by atoms with van der Waals surface area (Å²) in [6.07, 6.45) is -5.00. The Balaban J connectivity index is 3.04. The average molecular weight is 173 g/mol. The van der Waals surface area contributed by atoms with E-state index in [1.54, 1.807) is 0 Å². The highest BCUT2D eigenvalue weighted by molar-refractivity contribution is 7.80. The van der Waals surface area contributed by atoms with Crippen molar-refractivity contribution in [2.45, 2.75) is 12.6 Å². The van der Waals surface area contributed by atoms with E-state index >= 15 is 0 Å². The number of hydrogen-bond acceptors (Lipinski definition) is 1. The van der Waals surface area contributed by atoms with Crippen LogP contribution in [0.4, 0.5) is 13.2 Å². The Morgan fingerprint density at radius 3 is 2.20 bits per heavy atom. The summed E-state index contributed by atoms with van der Waals surface area (Å²) in [6, 6.07) is 0. The van der Waals surface area contributed by atoms with Crippen molar-refractivity contribution < 1.29 is 17.9 Å². The summed E-state index contributed by atoms with van der Waals surface area (Å²) in [6.45, 7) is -0.0500. The molecular formula is C5H8F3OS. The van der Waals surface area contributed by atoms with Crippen LogP contribution >= 0.6 is 12.6 Å². The number of hydrogen-bond donors (Lipinski definition) is 0. The number of alkyl halides is 3. The van der Waals surface area contributed by atoms with Crippen LogP contribution < -0.4 is 0 Å². The third-order valence-electron chi connectivity index (χ3n) is 0.758. The van der Waals surface area contributed by atoms with Gasteiger partial charge in [-0.3, -0.25) is 0 Å². The summed E-state index contributed by atoms with van der Waals surface area (Å²) in [7, 11) is 0. The highest BCUT2D eigenvalue weighted by Gasteiger charge is 2.26. The van der Waals surface area contributed by atoms with Gasteiger partial charge in [-0.25, -0.2) is 0 Å². The molecule has 0 aromatic heterocycles. The molecule has 0 saturated carbocycles.